The average molecular weight is 274 g/mol. The van der Waals surface area contributed by atoms with Crippen LogP contribution in [0, 0.1) is 17.0 Å². The Morgan fingerprint density at radius 2 is 2.10 bits per heavy atom. The lowest BCUT2D eigenvalue weighted by atomic mass is 10.1. The first-order chi connectivity index (χ1) is 9.47. The Balaban J connectivity index is 2.39. The molecule has 0 saturated carbocycles. The first kappa shape index (κ1) is 14.2. The summed E-state index contributed by atoms with van der Waals surface area (Å²) in [5.74, 6) is 0. The largest absolute Gasteiger partial charge is 0.383 e. The Labute approximate surface area is 117 Å². The van der Waals surface area contributed by atoms with Gasteiger partial charge in [0.15, 0.2) is 0 Å². The minimum absolute atomic E-state index is 0.0822. The fraction of sp³-hybridized carbons (Fsp3) is 0.357. The molecule has 1 aromatic carbocycles. The number of aromatic nitrogens is 1. The van der Waals surface area contributed by atoms with Crippen LogP contribution in [0.3, 0.4) is 0 Å². The number of likely N-dealkylation sites (N-methyl/N-ethyl adjacent to an activating group) is 1. The molecule has 0 atom stereocenters. The second kappa shape index (κ2) is 5.83. The zero-order valence-corrected chi connectivity index (χ0v) is 11.9. The van der Waals surface area contributed by atoms with E-state index in [4.69, 9.17) is 0 Å². The summed E-state index contributed by atoms with van der Waals surface area (Å²) in [6.07, 6.45) is 0. The summed E-state index contributed by atoms with van der Waals surface area (Å²) in [5.41, 5.74) is 2.62. The van der Waals surface area contributed by atoms with Crippen LogP contribution in [-0.2, 0) is 0 Å². The number of aryl methyl sites for hydroxylation is 1. The number of fused-ring (bicyclic) bond motifs is 1. The summed E-state index contributed by atoms with van der Waals surface area (Å²) in [5, 5.41) is 15.0. The van der Waals surface area contributed by atoms with Crippen molar-refractivity contribution in [2.24, 2.45) is 0 Å². The van der Waals surface area contributed by atoms with E-state index in [1.807, 2.05) is 27.1 Å². The molecule has 0 aliphatic rings. The zero-order valence-electron chi connectivity index (χ0n) is 11.9. The van der Waals surface area contributed by atoms with Crippen molar-refractivity contribution < 1.29 is 4.92 Å². The van der Waals surface area contributed by atoms with E-state index in [1.165, 1.54) is 6.07 Å². The molecule has 0 spiro atoms. The molecule has 6 nitrogen and oxygen atoms in total. The van der Waals surface area contributed by atoms with Crippen molar-refractivity contribution in [3.8, 4) is 0 Å². The molecule has 0 amide bonds. The molecule has 1 heterocycles. The second-order valence-corrected chi connectivity index (χ2v) is 5.00. The van der Waals surface area contributed by atoms with Crippen LogP contribution in [0.25, 0.3) is 10.9 Å². The minimum Gasteiger partial charge on any atom is -0.383 e. The van der Waals surface area contributed by atoms with Crippen LogP contribution in [-0.4, -0.2) is 42.0 Å². The monoisotopic (exact) mass is 274 g/mol. The van der Waals surface area contributed by atoms with E-state index in [2.05, 4.69) is 15.2 Å². The summed E-state index contributed by atoms with van der Waals surface area (Å²) in [4.78, 5) is 17.0. The van der Waals surface area contributed by atoms with Crippen molar-refractivity contribution in [3.63, 3.8) is 0 Å². The first-order valence-electron chi connectivity index (χ1n) is 6.42. The third-order valence-corrected chi connectivity index (χ3v) is 3.01. The Morgan fingerprint density at radius 3 is 2.75 bits per heavy atom. The van der Waals surface area contributed by atoms with Gasteiger partial charge >= 0.3 is 0 Å². The second-order valence-electron chi connectivity index (χ2n) is 5.00. The molecule has 0 aliphatic heterocycles. The molecule has 1 N–H and O–H groups in total. The third kappa shape index (κ3) is 3.21. The number of hydrogen-bond donors (Lipinski definition) is 1. The van der Waals surface area contributed by atoms with Gasteiger partial charge in [0.2, 0.25) is 0 Å². The lowest BCUT2D eigenvalue weighted by Crippen LogP contribution is -2.20. The molecule has 6 heteroatoms. The van der Waals surface area contributed by atoms with Gasteiger partial charge in [0.1, 0.15) is 0 Å². The van der Waals surface area contributed by atoms with Crippen molar-refractivity contribution in [1.29, 1.82) is 0 Å². The molecule has 0 aliphatic carbocycles. The molecule has 0 bridgehead atoms. The molecule has 2 rings (SSSR count). The maximum atomic E-state index is 10.9. The molecule has 2 aromatic rings. The van der Waals surface area contributed by atoms with Crippen LogP contribution in [0.4, 0.5) is 11.4 Å². The highest BCUT2D eigenvalue weighted by molar-refractivity contribution is 5.93. The summed E-state index contributed by atoms with van der Waals surface area (Å²) < 4.78 is 0. The summed E-state index contributed by atoms with van der Waals surface area (Å²) in [6, 6.07) is 6.66. The van der Waals surface area contributed by atoms with Gasteiger partial charge in [-0.2, -0.15) is 0 Å². The molecule has 20 heavy (non-hydrogen) atoms. The number of hydrogen-bond acceptors (Lipinski definition) is 5. The molecular weight excluding hydrogens is 256 g/mol. The van der Waals surface area contributed by atoms with Crippen molar-refractivity contribution in [3.05, 3.63) is 40.1 Å². The smallest absolute Gasteiger partial charge is 0.270 e. The van der Waals surface area contributed by atoms with Gasteiger partial charge in [0, 0.05) is 42.0 Å². The van der Waals surface area contributed by atoms with Crippen molar-refractivity contribution >= 4 is 22.3 Å². The van der Waals surface area contributed by atoms with Crippen LogP contribution < -0.4 is 5.32 Å². The van der Waals surface area contributed by atoms with Crippen LogP contribution in [0.5, 0.6) is 0 Å². The van der Waals surface area contributed by atoms with Gasteiger partial charge in [-0.15, -0.1) is 0 Å². The summed E-state index contributed by atoms with van der Waals surface area (Å²) in [6.45, 7) is 3.57. The van der Waals surface area contributed by atoms with E-state index in [-0.39, 0.29) is 10.6 Å². The van der Waals surface area contributed by atoms with Crippen molar-refractivity contribution in [1.82, 2.24) is 9.88 Å². The highest BCUT2D eigenvalue weighted by atomic mass is 16.6. The van der Waals surface area contributed by atoms with Crippen LogP contribution >= 0.6 is 0 Å². The summed E-state index contributed by atoms with van der Waals surface area (Å²) >= 11 is 0. The Hall–Kier alpha value is -2.21. The van der Waals surface area contributed by atoms with Gasteiger partial charge in [-0.1, -0.05) is 0 Å². The van der Waals surface area contributed by atoms with Crippen molar-refractivity contribution in [2.75, 3.05) is 32.5 Å². The molecule has 0 fully saturated rings. The molecule has 0 unspecified atom stereocenters. The zero-order chi connectivity index (χ0) is 14.7. The number of nitro benzene ring substituents is 1. The average Bonchev–Trinajstić information content (AvgIpc) is 2.37. The van der Waals surface area contributed by atoms with E-state index in [0.717, 1.165) is 35.4 Å². The normalized spacial score (nSPS) is 11.0. The van der Waals surface area contributed by atoms with Gasteiger partial charge in [-0.3, -0.25) is 15.1 Å². The lowest BCUT2D eigenvalue weighted by Gasteiger charge is -2.13. The lowest BCUT2D eigenvalue weighted by molar-refractivity contribution is -0.384. The molecule has 0 radical (unpaired) electrons. The molecule has 106 valence electrons. The van der Waals surface area contributed by atoms with E-state index < -0.39 is 0 Å². The van der Waals surface area contributed by atoms with Gasteiger partial charge in [0.05, 0.1) is 10.4 Å². The van der Waals surface area contributed by atoms with Crippen molar-refractivity contribution in [2.45, 2.75) is 6.92 Å². The van der Waals surface area contributed by atoms with Gasteiger partial charge < -0.3 is 10.2 Å². The summed E-state index contributed by atoms with van der Waals surface area (Å²) in [7, 11) is 4.00. The number of anilines is 1. The fourth-order valence-electron chi connectivity index (χ4n) is 2.02. The molecular formula is C14H18N4O2. The van der Waals surface area contributed by atoms with E-state index >= 15 is 0 Å². The highest BCUT2D eigenvalue weighted by Crippen LogP contribution is 2.27. The fourth-order valence-corrected chi connectivity index (χ4v) is 2.02. The predicted molar refractivity (Wildman–Crippen MR) is 80.2 cm³/mol. The number of nitrogens with zero attached hydrogens (tertiary/aromatic N) is 3. The SMILES string of the molecule is Cc1cc(NCCN(C)C)c2cc([N+](=O)[O-])ccc2n1. The number of rotatable bonds is 5. The minimum atomic E-state index is -0.386. The van der Waals surface area contributed by atoms with E-state index in [0.29, 0.717) is 0 Å². The molecule has 1 aromatic heterocycles. The Kier molecular flexibility index (Phi) is 4.14. The highest BCUT2D eigenvalue weighted by Gasteiger charge is 2.10. The number of pyridine rings is 1. The van der Waals surface area contributed by atoms with E-state index in [9.17, 15) is 10.1 Å². The molecule has 0 saturated heterocycles. The quantitative estimate of drug-likeness (QED) is 0.669. The number of non-ortho nitro benzene ring substituents is 1. The van der Waals surface area contributed by atoms with Crippen LogP contribution in [0.1, 0.15) is 5.69 Å². The van der Waals surface area contributed by atoms with Gasteiger partial charge in [-0.05, 0) is 33.2 Å². The maximum Gasteiger partial charge on any atom is 0.270 e. The Morgan fingerprint density at radius 1 is 1.35 bits per heavy atom. The number of nitrogens with one attached hydrogen (secondary N) is 1. The first-order valence-corrected chi connectivity index (χ1v) is 6.42. The Bertz CT molecular complexity index is 640. The maximum absolute atomic E-state index is 10.9. The topological polar surface area (TPSA) is 71.3 Å². The number of nitro groups is 1. The standard InChI is InChI=1S/C14H18N4O2/c1-10-8-14(15-6-7-17(2)3)12-9-11(18(19)20)4-5-13(12)16-10/h4-5,8-9H,6-7H2,1-3H3,(H,15,16). The predicted octanol–water partition coefficient (Wildman–Crippen LogP) is 2.42. The van der Waals surface area contributed by atoms with Gasteiger partial charge in [0.25, 0.3) is 5.69 Å². The number of benzene rings is 1. The van der Waals surface area contributed by atoms with Gasteiger partial charge in [-0.25, -0.2) is 0 Å². The van der Waals surface area contributed by atoms with Crippen LogP contribution in [0.15, 0.2) is 24.3 Å². The van der Waals surface area contributed by atoms with Crippen LogP contribution in [0.2, 0.25) is 0 Å². The third-order valence-electron chi connectivity index (χ3n) is 3.01. The van der Waals surface area contributed by atoms with E-state index in [1.54, 1.807) is 12.1 Å².